The third-order valence-corrected chi connectivity index (χ3v) is 5.84. The molecule has 16 heteroatoms. The molecule has 2 rings (SSSR count). The number of carbonyl (C=O) groups is 5. The van der Waals surface area contributed by atoms with E-state index in [1.54, 1.807) is 30.3 Å². The standard InChI is InChI=1S/C25H29Cl3N2O11/c1-13(31)9-10-18(34)36-12-17-20(38-14(2)32)21(39-15(3)33)19(22(40-17)41-23(29)25(26,27)28)30-24(35)37-11-16-7-5-4-6-8-16/h4-8,17,19-22,29H,9-12H2,1-3H3,(H,30,35)/t17-,19-,20-,21-,22+/m1/s1. The largest absolute Gasteiger partial charge is 0.463 e. The van der Waals surface area contributed by atoms with Crippen LogP contribution in [0.5, 0.6) is 0 Å². The van der Waals surface area contributed by atoms with Crippen molar-refractivity contribution in [3.8, 4) is 0 Å². The van der Waals surface area contributed by atoms with E-state index in [4.69, 9.17) is 68.6 Å². The summed E-state index contributed by atoms with van der Waals surface area (Å²) in [6.07, 6.45) is -7.39. The average molecular weight is 640 g/mol. The van der Waals surface area contributed by atoms with Crippen molar-refractivity contribution < 1.29 is 52.4 Å². The Bertz CT molecular complexity index is 1110. The number of alkyl halides is 3. The Hall–Kier alpha value is -3.13. The minimum absolute atomic E-state index is 0.0724. The summed E-state index contributed by atoms with van der Waals surface area (Å²) in [5.41, 5.74) is 0.661. The molecule has 0 aliphatic carbocycles. The molecule has 226 valence electrons. The highest BCUT2D eigenvalue weighted by Crippen LogP contribution is 2.32. The lowest BCUT2D eigenvalue weighted by atomic mass is 9.96. The van der Waals surface area contributed by atoms with Crippen molar-refractivity contribution in [2.75, 3.05) is 6.61 Å². The number of carbonyl (C=O) groups excluding carboxylic acids is 5. The average Bonchev–Trinajstić information content (AvgIpc) is 2.88. The van der Waals surface area contributed by atoms with E-state index in [-0.39, 0.29) is 25.2 Å². The Morgan fingerprint density at radius 1 is 0.902 bits per heavy atom. The van der Waals surface area contributed by atoms with Gasteiger partial charge in [-0.3, -0.25) is 19.8 Å². The third kappa shape index (κ3) is 11.7. The van der Waals surface area contributed by atoms with E-state index >= 15 is 0 Å². The molecule has 1 aromatic carbocycles. The number of Topliss-reactive ketones (excluding diaryl/α,β-unsaturated/α-hetero) is 1. The van der Waals surface area contributed by atoms with E-state index in [9.17, 15) is 24.0 Å². The minimum atomic E-state index is -2.36. The van der Waals surface area contributed by atoms with Gasteiger partial charge in [-0.15, -0.1) is 0 Å². The second-order valence-electron chi connectivity index (χ2n) is 8.75. The number of nitrogens with one attached hydrogen (secondary N) is 2. The van der Waals surface area contributed by atoms with Crippen molar-refractivity contribution in [1.29, 1.82) is 5.41 Å². The van der Waals surface area contributed by atoms with Gasteiger partial charge in [-0.2, -0.15) is 0 Å². The molecule has 5 atom stereocenters. The van der Waals surface area contributed by atoms with Gasteiger partial charge in [0.15, 0.2) is 12.2 Å². The van der Waals surface area contributed by atoms with Crippen molar-refractivity contribution in [3.05, 3.63) is 35.9 Å². The van der Waals surface area contributed by atoms with E-state index in [1.807, 2.05) is 0 Å². The van der Waals surface area contributed by atoms with Crippen LogP contribution in [0.4, 0.5) is 4.79 Å². The summed E-state index contributed by atoms with van der Waals surface area (Å²) in [6, 6.07) is 7.19. The molecule has 1 amide bonds. The van der Waals surface area contributed by atoms with Crippen LogP contribution in [-0.4, -0.2) is 76.7 Å². The van der Waals surface area contributed by atoms with Crippen LogP contribution in [0.25, 0.3) is 0 Å². The van der Waals surface area contributed by atoms with Crippen LogP contribution in [0.1, 0.15) is 39.2 Å². The Labute approximate surface area is 250 Å². The summed E-state index contributed by atoms with van der Waals surface area (Å²) in [4.78, 5) is 60.2. The molecule has 1 aliphatic rings. The molecule has 1 aromatic rings. The normalized spacial score (nSPS) is 22.0. The van der Waals surface area contributed by atoms with Gasteiger partial charge in [0.05, 0.1) is 6.42 Å². The van der Waals surface area contributed by atoms with Crippen LogP contribution >= 0.6 is 34.8 Å². The summed E-state index contributed by atoms with van der Waals surface area (Å²) >= 11 is 17.3. The van der Waals surface area contributed by atoms with Crippen LogP contribution in [0.3, 0.4) is 0 Å². The number of esters is 3. The quantitative estimate of drug-likeness (QED) is 0.120. The number of benzene rings is 1. The zero-order valence-corrected chi connectivity index (χ0v) is 24.5. The molecule has 0 radical (unpaired) electrons. The van der Waals surface area contributed by atoms with E-state index in [2.05, 4.69) is 5.32 Å². The van der Waals surface area contributed by atoms with Crippen molar-refractivity contribution in [2.24, 2.45) is 0 Å². The van der Waals surface area contributed by atoms with E-state index in [0.29, 0.717) is 5.56 Å². The maximum Gasteiger partial charge on any atom is 0.408 e. The first-order chi connectivity index (χ1) is 19.2. The van der Waals surface area contributed by atoms with Gasteiger partial charge in [0, 0.05) is 20.3 Å². The highest BCUT2D eigenvalue weighted by Gasteiger charge is 2.53. The molecule has 0 unspecified atom stereocenters. The summed E-state index contributed by atoms with van der Waals surface area (Å²) in [6.45, 7) is 2.72. The number of rotatable bonds is 11. The first-order valence-corrected chi connectivity index (χ1v) is 13.2. The van der Waals surface area contributed by atoms with Gasteiger partial charge in [0.25, 0.3) is 3.79 Å². The predicted octanol–water partition coefficient (Wildman–Crippen LogP) is 3.15. The third-order valence-electron chi connectivity index (χ3n) is 5.33. The summed E-state index contributed by atoms with van der Waals surface area (Å²) in [5.74, 6) is -3.63. The van der Waals surface area contributed by atoms with E-state index in [1.165, 1.54) is 6.92 Å². The molecule has 41 heavy (non-hydrogen) atoms. The molecule has 1 heterocycles. The maximum atomic E-state index is 12.8. The highest BCUT2D eigenvalue weighted by molar-refractivity contribution is 6.76. The van der Waals surface area contributed by atoms with Crippen molar-refractivity contribution in [1.82, 2.24) is 5.32 Å². The number of ether oxygens (including phenoxy) is 6. The van der Waals surface area contributed by atoms with Gasteiger partial charge in [0.1, 0.15) is 31.1 Å². The molecule has 1 aliphatic heterocycles. The molecular formula is C25H29Cl3N2O11. The van der Waals surface area contributed by atoms with Crippen molar-refractivity contribution >= 4 is 70.5 Å². The predicted molar refractivity (Wildman–Crippen MR) is 143 cm³/mol. The second-order valence-corrected chi connectivity index (χ2v) is 11.0. The summed E-state index contributed by atoms with van der Waals surface area (Å²) in [7, 11) is 0. The van der Waals surface area contributed by atoms with E-state index < -0.39 is 70.9 Å². The molecule has 0 spiro atoms. The lowest BCUT2D eigenvalue weighted by Crippen LogP contribution is -2.67. The van der Waals surface area contributed by atoms with Gasteiger partial charge in [0.2, 0.25) is 12.2 Å². The number of ketones is 1. The van der Waals surface area contributed by atoms with Crippen LogP contribution in [0.2, 0.25) is 0 Å². The smallest absolute Gasteiger partial charge is 0.408 e. The van der Waals surface area contributed by atoms with E-state index in [0.717, 1.165) is 13.8 Å². The molecule has 1 fully saturated rings. The Kier molecular flexibility index (Phi) is 13.1. The van der Waals surface area contributed by atoms with Crippen molar-refractivity contribution in [2.45, 2.75) is 74.7 Å². The van der Waals surface area contributed by atoms with Gasteiger partial charge >= 0.3 is 24.0 Å². The van der Waals surface area contributed by atoms with Crippen LogP contribution in [0, 0.1) is 5.41 Å². The Balaban J connectivity index is 2.38. The van der Waals surface area contributed by atoms with Gasteiger partial charge in [-0.25, -0.2) is 4.79 Å². The summed E-state index contributed by atoms with van der Waals surface area (Å²) in [5, 5.41) is 10.4. The molecular weight excluding hydrogens is 611 g/mol. The molecule has 0 aromatic heterocycles. The molecule has 0 bridgehead atoms. The molecule has 13 nitrogen and oxygen atoms in total. The summed E-state index contributed by atoms with van der Waals surface area (Å²) < 4.78 is 30.0. The molecule has 0 saturated carbocycles. The van der Waals surface area contributed by atoms with Gasteiger partial charge < -0.3 is 38.5 Å². The first-order valence-electron chi connectivity index (χ1n) is 12.1. The lowest BCUT2D eigenvalue weighted by Gasteiger charge is -2.44. The SMILES string of the molecule is CC(=O)CCC(=O)OC[C@H]1O[C@@H](OC(=N)C(Cl)(Cl)Cl)[C@H](NC(=O)OCc2ccccc2)[C@@H](OC(C)=O)[C@@H]1OC(C)=O. The van der Waals surface area contributed by atoms with Gasteiger partial charge in [-0.05, 0) is 12.5 Å². The minimum Gasteiger partial charge on any atom is -0.463 e. The van der Waals surface area contributed by atoms with Gasteiger partial charge in [-0.1, -0.05) is 65.1 Å². The number of amides is 1. The topological polar surface area (TPSA) is 177 Å². The maximum absolute atomic E-state index is 12.8. The lowest BCUT2D eigenvalue weighted by molar-refractivity contribution is -0.260. The highest BCUT2D eigenvalue weighted by atomic mass is 35.6. The molecule has 1 saturated heterocycles. The number of hydrogen-bond acceptors (Lipinski definition) is 12. The monoisotopic (exact) mass is 638 g/mol. The van der Waals surface area contributed by atoms with Crippen molar-refractivity contribution in [3.63, 3.8) is 0 Å². The number of halogens is 3. The number of alkyl carbamates (subject to hydrolysis) is 1. The fourth-order valence-corrected chi connectivity index (χ4v) is 3.70. The zero-order chi connectivity index (χ0) is 30.7. The van der Waals surface area contributed by atoms with Crippen LogP contribution < -0.4 is 5.32 Å². The number of hydrogen-bond donors (Lipinski definition) is 2. The fraction of sp³-hybridized carbons (Fsp3) is 0.520. The van der Waals surface area contributed by atoms with Crippen LogP contribution in [-0.2, 0) is 54.2 Å². The fourth-order valence-electron chi connectivity index (χ4n) is 3.57. The first kappa shape index (κ1) is 34.1. The Morgan fingerprint density at radius 3 is 2.07 bits per heavy atom. The Morgan fingerprint density at radius 2 is 1.51 bits per heavy atom. The zero-order valence-electron chi connectivity index (χ0n) is 22.2. The molecule has 2 N–H and O–H groups in total. The van der Waals surface area contributed by atoms with Crippen LogP contribution in [0.15, 0.2) is 30.3 Å². The second kappa shape index (κ2) is 15.8.